The molecule has 4 fully saturated rings. The number of benzene rings is 1. The number of aliphatic hydroxyl groups excluding tert-OH is 3. The molecule has 4 aromatic rings. The van der Waals surface area contributed by atoms with Crippen LogP contribution in [-0.4, -0.2) is 154 Å². The van der Waals surface area contributed by atoms with E-state index in [0.717, 1.165) is 36.7 Å². The highest BCUT2D eigenvalue weighted by Gasteiger charge is 2.61. The van der Waals surface area contributed by atoms with Gasteiger partial charge in [0, 0.05) is 35.1 Å². The van der Waals surface area contributed by atoms with E-state index in [1.165, 1.54) is 29.4 Å². The van der Waals surface area contributed by atoms with Crippen molar-refractivity contribution in [2.75, 3.05) is 25.6 Å². The summed E-state index contributed by atoms with van der Waals surface area (Å²) in [7, 11) is 1.54. The van der Waals surface area contributed by atoms with Crippen molar-refractivity contribution in [3.63, 3.8) is 0 Å². The summed E-state index contributed by atoms with van der Waals surface area (Å²) in [6.07, 6.45) is 0.102. The van der Waals surface area contributed by atoms with Gasteiger partial charge in [-0.2, -0.15) is 0 Å². The molecular weight excluding hydrogens is 1050 g/mol. The van der Waals surface area contributed by atoms with Crippen LogP contribution in [0.2, 0.25) is 0 Å². The van der Waals surface area contributed by atoms with Gasteiger partial charge in [0.1, 0.15) is 71.7 Å². The van der Waals surface area contributed by atoms with Crippen molar-refractivity contribution in [2.24, 2.45) is 23.0 Å². The lowest BCUT2D eigenvalue weighted by Gasteiger charge is -2.35. The third kappa shape index (κ3) is 11.9. The minimum absolute atomic E-state index is 0.00791. The Bertz CT molecular complexity index is 2780. The summed E-state index contributed by atoms with van der Waals surface area (Å²) in [6.45, 7) is 12.2. The van der Waals surface area contributed by atoms with Crippen molar-refractivity contribution < 1.29 is 68.1 Å². The number of carboxylic acid groups (broad SMARTS) is 1. The van der Waals surface area contributed by atoms with Crippen LogP contribution in [0.15, 0.2) is 47.0 Å². The molecule has 5 heterocycles. The second kappa shape index (κ2) is 22.7. The molecule has 8 rings (SSSR count). The zero-order valence-electron chi connectivity index (χ0n) is 41.5. The molecule has 2 aliphatic heterocycles. The summed E-state index contributed by atoms with van der Waals surface area (Å²) in [6, 6.07) is 3.01. The number of primary amides is 1. The Labute approximate surface area is 437 Å². The largest absolute Gasteiger partial charge is 0.495 e. The predicted molar refractivity (Wildman–Crippen MR) is 269 cm³/mol. The lowest BCUT2D eigenvalue weighted by molar-refractivity contribution is -0.146. The number of carbonyl (C=O) groups is 6. The maximum Gasteiger partial charge on any atom is 0.408 e. The van der Waals surface area contributed by atoms with Crippen LogP contribution in [0, 0.1) is 17.3 Å². The molecule has 2 saturated carbocycles. The first-order chi connectivity index (χ1) is 35.0. The molecule has 24 nitrogen and oxygen atoms in total. The normalized spacial score (nSPS) is 24.9. The molecule has 0 spiro atoms. The highest BCUT2D eigenvalue weighted by Crippen LogP contribution is 2.45. The van der Waals surface area contributed by atoms with Crippen molar-refractivity contribution in [1.29, 1.82) is 0 Å². The minimum atomic E-state index is -1.54. The van der Waals surface area contributed by atoms with E-state index in [9.17, 15) is 44.1 Å². The van der Waals surface area contributed by atoms with Crippen molar-refractivity contribution in [3.05, 3.63) is 52.9 Å². The van der Waals surface area contributed by atoms with E-state index >= 15 is 0 Å². The molecule has 0 radical (unpaired) electrons. The number of carboxylic acids is 1. The van der Waals surface area contributed by atoms with Crippen molar-refractivity contribution in [1.82, 2.24) is 40.3 Å². The molecule has 74 heavy (non-hydrogen) atoms. The number of carbonyl (C=O) groups excluding carboxylic acids is 5. The number of likely N-dealkylation sites (tertiary alicyclic amines) is 1. The number of methoxy groups -OCH3 is 1. The van der Waals surface area contributed by atoms with Crippen LogP contribution in [0.25, 0.3) is 22.3 Å². The molecule has 5 amide bonds. The number of thiazole rings is 1. The van der Waals surface area contributed by atoms with Gasteiger partial charge >= 0.3 is 12.1 Å². The van der Waals surface area contributed by atoms with Crippen LogP contribution in [-0.2, 0) is 28.7 Å². The lowest BCUT2D eigenvalue weighted by Crippen LogP contribution is -2.59. The Kier molecular flexibility index (Phi) is 17.0. The van der Waals surface area contributed by atoms with Crippen LogP contribution in [0.1, 0.15) is 90.0 Å². The number of anilines is 1. The van der Waals surface area contributed by atoms with Crippen LogP contribution < -0.4 is 31.2 Å². The van der Waals surface area contributed by atoms with Crippen molar-refractivity contribution in [2.45, 2.75) is 128 Å². The SMILES string of the molecule is C=C[C@@H]1C[C@]1(NC(=O)[C@@H]1C[C@H](Oc2cc(-c3csc(NC(=O)C(C)C)n3)nc3c(Br)c(OC)ccc23)CN1C(=O)[C@@H](NC(=O)OC1CCCC1)C(C)(C)C)C(=O)O.NC(=O)c1ncn([C@@H]2O[C@H](CO)[C@@H](O)[C@H]2O)n1. The summed E-state index contributed by atoms with van der Waals surface area (Å²) < 4.78 is 24.7. The van der Waals surface area contributed by atoms with Crippen LogP contribution in [0.4, 0.5) is 9.93 Å². The van der Waals surface area contributed by atoms with Crippen LogP contribution in [0.3, 0.4) is 0 Å². The fourth-order valence-electron chi connectivity index (χ4n) is 8.90. The number of aliphatic hydroxyl groups is 3. The molecule has 9 N–H and O–H groups in total. The first-order valence-corrected chi connectivity index (χ1v) is 25.6. The first kappa shape index (κ1) is 55.4. The summed E-state index contributed by atoms with van der Waals surface area (Å²) in [5.74, 6) is -3.43. The Morgan fingerprint density at radius 1 is 1.07 bits per heavy atom. The number of aromatic nitrogens is 5. The molecule has 0 unspecified atom stereocenters. The number of hydrogen-bond donors (Lipinski definition) is 8. The maximum atomic E-state index is 14.6. The van der Waals surface area contributed by atoms with Gasteiger partial charge in [-0.1, -0.05) is 40.7 Å². The molecule has 1 aromatic carbocycles. The third-order valence-corrected chi connectivity index (χ3v) is 14.7. The Morgan fingerprint density at radius 3 is 2.36 bits per heavy atom. The number of nitrogens with two attached hydrogens (primary N) is 1. The fraction of sp³-hybridized carbons (Fsp3) is 0.542. The van der Waals surface area contributed by atoms with Gasteiger partial charge in [0.25, 0.3) is 5.91 Å². The monoisotopic (exact) mass is 1110 g/mol. The zero-order valence-corrected chi connectivity index (χ0v) is 43.9. The summed E-state index contributed by atoms with van der Waals surface area (Å²) in [5, 5.41) is 53.0. The van der Waals surface area contributed by atoms with E-state index in [-0.39, 0.29) is 43.1 Å². The Hall–Kier alpha value is -6.32. The van der Waals surface area contributed by atoms with Gasteiger partial charge in [-0.3, -0.25) is 19.2 Å². The number of nitrogens with one attached hydrogen (secondary N) is 3. The van der Waals surface area contributed by atoms with Gasteiger partial charge in [0.05, 0.1) is 35.9 Å². The van der Waals surface area contributed by atoms with E-state index < -0.39 is 96.0 Å². The average molecular weight is 1110 g/mol. The van der Waals surface area contributed by atoms with Gasteiger partial charge in [0.15, 0.2) is 11.4 Å². The molecule has 2 aliphatic carbocycles. The fourth-order valence-corrected chi connectivity index (χ4v) is 10.2. The molecule has 26 heteroatoms. The highest BCUT2D eigenvalue weighted by molar-refractivity contribution is 9.10. The number of pyridine rings is 1. The third-order valence-electron chi connectivity index (χ3n) is 13.2. The topological polar surface area (TPSA) is 342 Å². The molecule has 3 aromatic heterocycles. The molecule has 2 saturated heterocycles. The van der Waals surface area contributed by atoms with Gasteiger partial charge in [-0.25, -0.2) is 29.2 Å². The van der Waals surface area contributed by atoms with Gasteiger partial charge in [-0.15, -0.1) is 23.0 Å². The summed E-state index contributed by atoms with van der Waals surface area (Å²) >= 11 is 4.87. The summed E-state index contributed by atoms with van der Waals surface area (Å²) in [5.41, 5.74) is 4.03. The summed E-state index contributed by atoms with van der Waals surface area (Å²) in [4.78, 5) is 91.9. The standard InChI is InChI=1S/C40H49BrN6O9S.C8H12N4O5/c1-8-21-17-40(21,36(51)52)46-34(49)27-15-23(18-47(27)35(50)32(39(4,5)6)44-38(53)56-22-11-9-10-12-22)55-29-16-25(26-19-57-37(43-26)45-33(48)20(2)3)42-31-24(29)13-14-28(54-7)30(31)41;9-6(16)7-10-2-12(11-7)8-5(15)4(14)3(1-13)17-8/h8,13-14,16,19-23,27,32H,1,9-12,15,17-18H2,2-7H3,(H,44,53)(H,46,49)(H,51,52)(H,43,45,48);2-5,8,13-15H,1H2,(H2,9,16)/t21-,23+,27+,32-,40-;3-,4-,5-,8-/m11/s1. The number of hydrogen-bond acceptors (Lipinski definition) is 18. The first-order valence-electron chi connectivity index (χ1n) is 23.9. The number of amides is 5. The predicted octanol–water partition coefficient (Wildman–Crippen LogP) is 3.29. The van der Waals surface area contributed by atoms with E-state index in [1.807, 2.05) is 0 Å². The molecular formula is C48H61BrN10O14S. The quantitative estimate of drug-likeness (QED) is 0.0746. The number of fused-ring (bicyclic) bond motifs is 1. The number of rotatable bonds is 16. The molecule has 4 aliphatic rings. The smallest absolute Gasteiger partial charge is 0.408 e. The van der Waals surface area contributed by atoms with E-state index in [1.54, 1.807) is 58.2 Å². The maximum absolute atomic E-state index is 14.6. The molecule has 9 atom stereocenters. The van der Waals surface area contributed by atoms with E-state index in [0.29, 0.717) is 43.4 Å². The second-order valence-corrected chi connectivity index (χ2v) is 21.5. The van der Waals surface area contributed by atoms with Crippen molar-refractivity contribution >= 4 is 79.0 Å². The van der Waals surface area contributed by atoms with Gasteiger partial charge in [0.2, 0.25) is 23.5 Å². The number of ether oxygens (including phenoxy) is 4. The zero-order chi connectivity index (χ0) is 54.0. The number of aliphatic carboxylic acids is 1. The van der Waals surface area contributed by atoms with E-state index in [2.05, 4.69) is 53.5 Å². The Balaban J connectivity index is 0.000000396. The van der Waals surface area contributed by atoms with Crippen LogP contribution >= 0.6 is 27.3 Å². The Morgan fingerprint density at radius 2 is 1.78 bits per heavy atom. The number of halogens is 1. The second-order valence-electron chi connectivity index (χ2n) is 19.9. The van der Waals surface area contributed by atoms with Crippen molar-refractivity contribution in [3.8, 4) is 22.9 Å². The number of nitrogens with zero attached hydrogens (tertiary/aromatic N) is 6. The molecule has 0 bridgehead atoms. The van der Waals surface area contributed by atoms with E-state index in [4.69, 9.17) is 34.8 Å². The van der Waals surface area contributed by atoms with Gasteiger partial charge < -0.3 is 66.0 Å². The van der Waals surface area contributed by atoms with Gasteiger partial charge in [-0.05, 0) is 65.6 Å². The highest BCUT2D eigenvalue weighted by atomic mass is 79.9. The molecule has 400 valence electrons. The van der Waals surface area contributed by atoms with Crippen LogP contribution in [0.5, 0.6) is 11.5 Å². The number of alkyl carbamates (subject to hydrolysis) is 1. The lowest BCUT2D eigenvalue weighted by atomic mass is 9.85. The minimum Gasteiger partial charge on any atom is -0.495 e. The average Bonchev–Trinajstić information content (AvgIpc) is 4.05.